The van der Waals surface area contributed by atoms with Gasteiger partial charge < -0.3 is 15.5 Å². The van der Waals surface area contributed by atoms with Gasteiger partial charge in [0.25, 0.3) is 11.8 Å². The summed E-state index contributed by atoms with van der Waals surface area (Å²) in [7, 11) is 0. The zero-order chi connectivity index (χ0) is 16.6. The van der Waals surface area contributed by atoms with Crippen LogP contribution in [0.5, 0.6) is 0 Å². The second-order valence-corrected chi connectivity index (χ2v) is 6.04. The van der Waals surface area contributed by atoms with Gasteiger partial charge in [-0.1, -0.05) is 6.07 Å². The van der Waals surface area contributed by atoms with Crippen molar-refractivity contribution in [2.75, 3.05) is 0 Å². The molecule has 2 amide bonds. The molecule has 3 N–H and O–H groups in total. The number of aryl methyl sites for hydroxylation is 1. The van der Waals surface area contributed by atoms with E-state index in [0.29, 0.717) is 16.1 Å². The number of pyridine rings is 1. The SMILES string of the molecule is Cc1ccc(Br)nc1C(=O)NC(C)C1=NNC2C(=O)NC=CN12. The van der Waals surface area contributed by atoms with Gasteiger partial charge in [0.05, 0.1) is 6.04 Å². The average molecular weight is 379 g/mol. The van der Waals surface area contributed by atoms with Crippen molar-refractivity contribution in [3.8, 4) is 0 Å². The lowest BCUT2D eigenvalue weighted by molar-refractivity contribution is -0.124. The first-order valence-electron chi connectivity index (χ1n) is 7.00. The Morgan fingerprint density at radius 3 is 3.04 bits per heavy atom. The van der Waals surface area contributed by atoms with Crippen LogP contribution in [0.1, 0.15) is 23.0 Å². The normalized spacial score (nSPS) is 20.3. The fraction of sp³-hybridized carbons (Fsp3) is 0.286. The zero-order valence-corrected chi connectivity index (χ0v) is 14.1. The fourth-order valence-corrected chi connectivity index (χ4v) is 2.70. The third kappa shape index (κ3) is 2.91. The molecule has 120 valence electrons. The third-order valence-electron chi connectivity index (χ3n) is 3.57. The van der Waals surface area contributed by atoms with Gasteiger partial charge in [0.1, 0.15) is 10.3 Å². The number of amidine groups is 1. The number of carbonyl (C=O) groups is 2. The topological polar surface area (TPSA) is 98.7 Å². The Morgan fingerprint density at radius 1 is 1.48 bits per heavy atom. The summed E-state index contributed by atoms with van der Waals surface area (Å²) in [4.78, 5) is 30.0. The van der Waals surface area contributed by atoms with Gasteiger partial charge in [-0.05, 0) is 41.4 Å². The fourth-order valence-electron chi connectivity index (χ4n) is 2.39. The molecule has 3 heterocycles. The van der Waals surface area contributed by atoms with E-state index in [-0.39, 0.29) is 11.8 Å². The molecule has 23 heavy (non-hydrogen) atoms. The summed E-state index contributed by atoms with van der Waals surface area (Å²) in [5.74, 6) is 0.0595. The van der Waals surface area contributed by atoms with Crippen LogP contribution in [0.25, 0.3) is 0 Å². The molecule has 0 aromatic carbocycles. The van der Waals surface area contributed by atoms with E-state index in [1.165, 1.54) is 6.20 Å². The maximum Gasteiger partial charge on any atom is 0.270 e. The van der Waals surface area contributed by atoms with E-state index in [0.717, 1.165) is 5.56 Å². The van der Waals surface area contributed by atoms with E-state index in [1.54, 1.807) is 24.1 Å². The standard InChI is InChI=1S/C14H15BrN6O2/c1-7-3-4-9(15)18-10(7)13(22)17-8(2)11-19-20-12-14(23)16-5-6-21(11)12/h3-6,8,12,20H,1-2H3,(H,16,23)(H,17,22). The van der Waals surface area contributed by atoms with Crippen molar-refractivity contribution >= 4 is 33.6 Å². The average Bonchev–Trinajstić information content (AvgIpc) is 2.95. The predicted octanol–water partition coefficient (Wildman–Crippen LogP) is 0.417. The van der Waals surface area contributed by atoms with E-state index in [2.05, 4.69) is 42.1 Å². The largest absolute Gasteiger partial charge is 0.341 e. The molecule has 0 saturated heterocycles. The summed E-state index contributed by atoms with van der Waals surface area (Å²) in [6.07, 6.45) is 2.66. The molecule has 0 radical (unpaired) electrons. The number of halogens is 1. The maximum atomic E-state index is 12.4. The molecule has 0 bridgehead atoms. The second kappa shape index (κ2) is 5.99. The highest BCUT2D eigenvalue weighted by Gasteiger charge is 2.36. The molecule has 1 aromatic rings. The van der Waals surface area contributed by atoms with Gasteiger partial charge in [0.2, 0.25) is 6.17 Å². The number of hydrogen-bond acceptors (Lipinski definition) is 6. The van der Waals surface area contributed by atoms with Crippen molar-refractivity contribution in [2.45, 2.75) is 26.1 Å². The zero-order valence-electron chi connectivity index (χ0n) is 12.5. The Labute approximate surface area is 141 Å². The minimum Gasteiger partial charge on any atom is -0.341 e. The van der Waals surface area contributed by atoms with Gasteiger partial charge in [-0.2, -0.15) is 5.10 Å². The van der Waals surface area contributed by atoms with Gasteiger partial charge in [-0.25, -0.2) is 4.98 Å². The molecule has 8 nitrogen and oxygen atoms in total. The molecule has 0 fully saturated rings. The highest BCUT2D eigenvalue weighted by molar-refractivity contribution is 9.10. The number of amides is 2. The van der Waals surface area contributed by atoms with Crippen LogP contribution in [0.3, 0.4) is 0 Å². The number of fused-ring (bicyclic) bond motifs is 1. The van der Waals surface area contributed by atoms with Gasteiger partial charge in [-0.15, -0.1) is 0 Å². The molecule has 2 aliphatic heterocycles. The van der Waals surface area contributed by atoms with Crippen LogP contribution < -0.4 is 16.1 Å². The smallest absolute Gasteiger partial charge is 0.270 e. The molecule has 3 rings (SSSR count). The maximum absolute atomic E-state index is 12.4. The van der Waals surface area contributed by atoms with Gasteiger partial charge in [0.15, 0.2) is 5.84 Å². The molecule has 0 spiro atoms. The lowest BCUT2D eigenvalue weighted by Gasteiger charge is -2.27. The van der Waals surface area contributed by atoms with Crippen molar-refractivity contribution in [1.82, 2.24) is 25.9 Å². The van der Waals surface area contributed by atoms with Crippen molar-refractivity contribution in [1.29, 1.82) is 0 Å². The molecule has 0 aliphatic carbocycles. The van der Waals surface area contributed by atoms with E-state index in [1.807, 2.05) is 13.0 Å². The summed E-state index contributed by atoms with van der Waals surface area (Å²) >= 11 is 3.26. The van der Waals surface area contributed by atoms with Gasteiger partial charge in [-0.3, -0.25) is 15.0 Å². The van der Waals surface area contributed by atoms with E-state index >= 15 is 0 Å². The van der Waals surface area contributed by atoms with E-state index in [9.17, 15) is 9.59 Å². The van der Waals surface area contributed by atoms with Crippen molar-refractivity contribution in [3.05, 3.63) is 40.4 Å². The Hall–Kier alpha value is -2.42. The first-order chi connectivity index (χ1) is 11.0. The number of nitrogens with one attached hydrogen (secondary N) is 3. The Bertz CT molecular complexity index is 732. The monoisotopic (exact) mass is 378 g/mol. The summed E-state index contributed by atoms with van der Waals surface area (Å²) < 4.78 is 0.594. The molecule has 2 atom stereocenters. The second-order valence-electron chi connectivity index (χ2n) is 5.23. The predicted molar refractivity (Wildman–Crippen MR) is 87.1 cm³/mol. The molecule has 1 aromatic heterocycles. The lowest BCUT2D eigenvalue weighted by atomic mass is 10.2. The molecule has 2 unspecified atom stereocenters. The Balaban J connectivity index is 1.74. The van der Waals surface area contributed by atoms with Crippen LogP contribution in [0, 0.1) is 6.92 Å². The minimum absolute atomic E-state index is 0.200. The number of hydrazone groups is 1. The molecular weight excluding hydrogens is 364 g/mol. The third-order valence-corrected chi connectivity index (χ3v) is 4.01. The Kier molecular flexibility index (Phi) is 4.03. The summed E-state index contributed by atoms with van der Waals surface area (Å²) in [6, 6.07) is 3.21. The van der Waals surface area contributed by atoms with Crippen LogP contribution >= 0.6 is 15.9 Å². The minimum atomic E-state index is -0.583. The molecule has 0 saturated carbocycles. The van der Waals surface area contributed by atoms with Crippen molar-refractivity contribution in [2.24, 2.45) is 5.10 Å². The number of hydrogen-bond donors (Lipinski definition) is 3. The molecular formula is C14H15BrN6O2. The van der Waals surface area contributed by atoms with Crippen LogP contribution in [0.4, 0.5) is 0 Å². The highest BCUT2D eigenvalue weighted by atomic mass is 79.9. The van der Waals surface area contributed by atoms with Crippen molar-refractivity contribution in [3.63, 3.8) is 0 Å². The number of nitrogens with zero attached hydrogens (tertiary/aromatic N) is 3. The van der Waals surface area contributed by atoms with E-state index in [4.69, 9.17) is 0 Å². The number of aromatic nitrogens is 1. The van der Waals surface area contributed by atoms with Crippen LogP contribution in [-0.4, -0.2) is 39.7 Å². The first-order valence-corrected chi connectivity index (χ1v) is 7.79. The summed E-state index contributed by atoms with van der Waals surface area (Å²) in [5, 5.41) is 9.60. The van der Waals surface area contributed by atoms with Crippen molar-refractivity contribution < 1.29 is 9.59 Å². The lowest BCUT2D eigenvalue weighted by Crippen LogP contribution is -2.53. The summed E-state index contributed by atoms with van der Waals surface area (Å²) in [5.41, 5.74) is 3.87. The molecule has 9 heteroatoms. The first kappa shape index (κ1) is 15.5. The number of rotatable bonds is 3. The Morgan fingerprint density at radius 2 is 2.26 bits per heavy atom. The van der Waals surface area contributed by atoms with E-state index < -0.39 is 12.2 Å². The van der Waals surface area contributed by atoms with Crippen LogP contribution in [0.15, 0.2) is 34.2 Å². The quantitative estimate of drug-likeness (QED) is 0.662. The van der Waals surface area contributed by atoms with Gasteiger partial charge >= 0.3 is 0 Å². The summed E-state index contributed by atoms with van der Waals surface area (Å²) in [6.45, 7) is 3.62. The van der Waals surface area contributed by atoms with Crippen LogP contribution in [-0.2, 0) is 4.79 Å². The number of carbonyl (C=O) groups excluding carboxylic acids is 2. The molecule has 2 aliphatic rings. The van der Waals surface area contributed by atoms with Crippen LogP contribution in [0.2, 0.25) is 0 Å². The highest BCUT2D eigenvalue weighted by Crippen LogP contribution is 2.15. The van der Waals surface area contributed by atoms with Gasteiger partial charge in [0, 0.05) is 12.4 Å².